The van der Waals surface area contributed by atoms with Gasteiger partial charge in [-0.2, -0.15) is 10.1 Å². The molecule has 17 heavy (non-hydrogen) atoms. The van der Waals surface area contributed by atoms with Gasteiger partial charge in [0.25, 0.3) is 5.91 Å². The Morgan fingerprint density at radius 1 is 1.12 bits per heavy atom. The summed E-state index contributed by atoms with van der Waals surface area (Å²) in [5, 5.41) is 9.42. The maximum Gasteiger partial charge on any atom is 0.253 e. The van der Waals surface area contributed by atoms with Crippen LogP contribution in [0.15, 0.2) is 58.6 Å². The highest BCUT2D eigenvalue weighted by molar-refractivity contribution is 5.81. The smallest absolute Gasteiger partial charge is 0.253 e. The third-order valence-electron chi connectivity index (χ3n) is 2.87. The van der Waals surface area contributed by atoms with Crippen molar-refractivity contribution in [3.8, 4) is 0 Å². The largest absolute Gasteiger partial charge is 0.272 e. The molecule has 2 rings (SSSR count). The highest BCUT2D eigenvalue weighted by Gasteiger charge is 2.30. The molecule has 0 saturated carbocycles. The Balaban J connectivity index is 2.28. The normalized spacial score (nSPS) is 31.8. The van der Waals surface area contributed by atoms with Crippen molar-refractivity contribution in [3.63, 3.8) is 0 Å². The Bertz CT molecular complexity index is 457. The SMILES string of the molecule is CC1N=NN(C2=C/C=C\C=C/C=C2)C(=O)C1C. The fourth-order valence-corrected chi connectivity index (χ4v) is 1.55. The van der Waals surface area contributed by atoms with E-state index in [1.165, 1.54) is 5.01 Å². The van der Waals surface area contributed by atoms with E-state index >= 15 is 0 Å². The maximum atomic E-state index is 12.1. The molecule has 4 heteroatoms. The molecule has 0 fully saturated rings. The molecular formula is C13H15N3O. The minimum atomic E-state index is -0.133. The highest BCUT2D eigenvalue weighted by Crippen LogP contribution is 2.22. The van der Waals surface area contributed by atoms with Gasteiger partial charge in [-0.3, -0.25) is 4.79 Å². The average Bonchev–Trinajstić information content (AvgIpc) is 2.27. The highest BCUT2D eigenvalue weighted by atomic mass is 16.2. The van der Waals surface area contributed by atoms with Gasteiger partial charge < -0.3 is 0 Å². The molecule has 1 heterocycles. The first-order valence-electron chi connectivity index (χ1n) is 5.66. The molecule has 0 spiro atoms. The summed E-state index contributed by atoms with van der Waals surface area (Å²) in [6, 6.07) is -0.0488. The van der Waals surface area contributed by atoms with E-state index in [0.29, 0.717) is 0 Å². The summed E-state index contributed by atoms with van der Waals surface area (Å²) in [6.07, 6.45) is 13.2. The first-order chi connectivity index (χ1) is 8.20. The standard InChI is InChI=1S/C13H15N3O/c1-10-11(2)14-15-16(13(10)17)12-8-6-4-3-5-7-9-12/h3-11H,1-2H3/b4-3-,5-3?,6-4?,7-5-,8-6?,9-7?,12-8?,12-9?. The van der Waals surface area contributed by atoms with Crippen molar-refractivity contribution in [1.29, 1.82) is 0 Å². The molecule has 2 unspecified atom stereocenters. The van der Waals surface area contributed by atoms with Crippen LogP contribution < -0.4 is 0 Å². The molecule has 0 bridgehead atoms. The van der Waals surface area contributed by atoms with E-state index in [-0.39, 0.29) is 17.9 Å². The van der Waals surface area contributed by atoms with Crippen LogP contribution in [0.2, 0.25) is 0 Å². The van der Waals surface area contributed by atoms with Crippen molar-refractivity contribution in [3.05, 3.63) is 48.2 Å². The van der Waals surface area contributed by atoms with Gasteiger partial charge in [-0.05, 0) is 19.1 Å². The molecule has 4 nitrogen and oxygen atoms in total. The molecule has 2 aliphatic rings. The molecule has 1 aliphatic carbocycles. The van der Waals surface area contributed by atoms with Crippen molar-refractivity contribution in [2.45, 2.75) is 19.9 Å². The number of carbonyl (C=O) groups is 1. The Morgan fingerprint density at radius 3 is 2.65 bits per heavy atom. The van der Waals surface area contributed by atoms with E-state index in [1.807, 2.05) is 56.4 Å². The third kappa shape index (κ3) is 2.41. The molecule has 1 amide bonds. The molecule has 0 aromatic heterocycles. The van der Waals surface area contributed by atoms with Gasteiger partial charge in [0.05, 0.1) is 17.7 Å². The summed E-state index contributed by atoms with van der Waals surface area (Å²) in [5.74, 6) is -0.145. The quantitative estimate of drug-likeness (QED) is 0.681. The van der Waals surface area contributed by atoms with Gasteiger partial charge in [0.15, 0.2) is 0 Å². The van der Waals surface area contributed by atoms with Gasteiger partial charge in [-0.25, -0.2) is 0 Å². The molecule has 0 saturated heterocycles. The summed E-state index contributed by atoms with van der Waals surface area (Å²) >= 11 is 0. The lowest BCUT2D eigenvalue weighted by atomic mass is 10.0. The number of amides is 1. The number of nitrogens with zero attached hydrogens (tertiary/aromatic N) is 3. The van der Waals surface area contributed by atoms with E-state index < -0.39 is 0 Å². The van der Waals surface area contributed by atoms with Crippen LogP contribution in [0.4, 0.5) is 0 Å². The van der Waals surface area contributed by atoms with Crippen LogP contribution in [-0.2, 0) is 4.79 Å². The fraction of sp³-hybridized carbons (Fsp3) is 0.308. The van der Waals surface area contributed by atoms with E-state index in [9.17, 15) is 4.79 Å². The van der Waals surface area contributed by atoms with Crippen molar-refractivity contribution >= 4 is 5.91 Å². The molecule has 2 atom stereocenters. The van der Waals surface area contributed by atoms with Gasteiger partial charge in [-0.15, -0.1) is 0 Å². The molecule has 0 aromatic carbocycles. The summed E-state index contributed by atoms with van der Waals surface area (Å²) in [7, 11) is 0. The minimum Gasteiger partial charge on any atom is -0.272 e. The second kappa shape index (κ2) is 4.91. The maximum absolute atomic E-state index is 12.1. The lowest BCUT2D eigenvalue weighted by Crippen LogP contribution is -2.37. The minimum absolute atomic E-state index is 0.0126. The molecule has 0 aromatic rings. The van der Waals surface area contributed by atoms with Crippen molar-refractivity contribution in [1.82, 2.24) is 5.01 Å². The number of rotatable bonds is 1. The molecule has 0 radical (unpaired) electrons. The molecule has 88 valence electrons. The molecule has 1 aliphatic heterocycles. The number of hydrogen-bond acceptors (Lipinski definition) is 3. The number of allylic oxidation sites excluding steroid dienone is 7. The molecular weight excluding hydrogens is 214 g/mol. The predicted octanol–water partition coefficient (Wildman–Crippen LogP) is 2.79. The Hall–Kier alpha value is -1.97. The van der Waals surface area contributed by atoms with Gasteiger partial charge in [0.1, 0.15) is 0 Å². The van der Waals surface area contributed by atoms with Gasteiger partial charge in [-0.1, -0.05) is 42.5 Å². The van der Waals surface area contributed by atoms with Crippen LogP contribution in [0, 0.1) is 5.92 Å². The van der Waals surface area contributed by atoms with Crippen LogP contribution in [0.25, 0.3) is 0 Å². The van der Waals surface area contributed by atoms with Crippen LogP contribution in [0.1, 0.15) is 13.8 Å². The zero-order chi connectivity index (χ0) is 12.3. The monoisotopic (exact) mass is 229 g/mol. The van der Waals surface area contributed by atoms with Crippen LogP contribution in [0.3, 0.4) is 0 Å². The number of hydrogen-bond donors (Lipinski definition) is 0. The van der Waals surface area contributed by atoms with Crippen LogP contribution in [-0.4, -0.2) is 17.0 Å². The lowest BCUT2D eigenvalue weighted by Gasteiger charge is -2.27. The first-order valence-corrected chi connectivity index (χ1v) is 5.66. The Morgan fingerprint density at radius 2 is 1.82 bits per heavy atom. The van der Waals surface area contributed by atoms with Crippen molar-refractivity contribution in [2.75, 3.05) is 0 Å². The molecule has 0 N–H and O–H groups in total. The second-order valence-electron chi connectivity index (χ2n) is 4.10. The van der Waals surface area contributed by atoms with Crippen LogP contribution in [0.5, 0.6) is 0 Å². The lowest BCUT2D eigenvalue weighted by molar-refractivity contribution is -0.135. The van der Waals surface area contributed by atoms with Crippen molar-refractivity contribution < 1.29 is 4.79 Å². The Kier molecular flexibility index (Phi) is 3.32. The van der Waals surface area contributed by atoms with Crippen molar-refractivity contribution in [2.24, 2.45) is 16.3 Å². The van der Waals surface area contributed by atoms with Gasteiger partial charge in [0.2, 0.25) is 0 Å². The predicted molar refractivity (Wildman–Crippen MR) is 65.8 cm³/mol. The average molecular weight is 229 g/mol. The van der Waals surface area contributed by atoms with E-state index in [4.69, 9.17) is 0 Å². The Labute approximate surface area is 101 Å². The zero-order valence-corrected chi connectivity index (χ0v) is 9.95. The fourth-order valence-electron chi connectivity index (χ4n) is 1.55. The van der Waals surface area contributed by atoms with Gasteiger partial charge in [0, 0.05) is 0 Å². The summed E-state index contributed by atoms with van der Waals surface area (Å²) < 4.78 is 0. The van der Waals surface area contributed by atoms with E-state index in [2.05, 4.69) is 10.3 Å². The van der Waals surface area contributed by atoms with Gasteiger partial charge >= 0.3 is 0 Å². The topological polar surface area (TPSA) is 45.0 Å². The zero-order valence-electron chi connectivity index (χ0n) is 9.95. The van der Waals surface area contributed by atoms with E-state index in [1.54, 1.807) is 0 Å². The summed E-state index contributed by atoms with van der Waals surface area (Å²) in [4.78, 5) is 12.1. The van der Waals surface area contributed by atoms with Crippen LogP contribution >= 0.6 is 0 Å². The number of carbonyl (C=O) groups excluding carboxylic acids is 1. The van der Waals surface area contributed by atoms with E-state index in [0.717, 1.165) is 5.70 Å². The summed E-state index contributed by atoms with van der Waals surface area (Å²) in [5.41, 5.74) is 0.734. The first kappa shape index (κ1) is 11.5. The third-order valence-corrected chi connectivity index (χ3v) is 2.87. The summed E-state index contributed by atoms with van der Waals surface area (Å²) in [6.45, 7) is 3.77. The second-order valence-corrected chi connectivity index (χ2v) is 4.10.